The molecule has 1 unspecified atom stereocenters. The monoisotopic (exact) mass is 350 g/mol. The van der Waals surface area contributed by atoms with Crippen molar-refractivity contribution in [3.8, 4) is 11.5 Å². The Morgan fingerprint density at radius 1 is 1.23 bits per heavy atom. The number of fused-ring (bicyclic) bond motifs is 1. The highest BCUT2D eigenvalue weighted by Gasteiger charge is 2.31. The molecule has 0 aliphatic carbocycles. The molecule has 4 rings (SSSR count). The number of carbonyl (C=O) groups excluding carboxylic acids is 1. The number of amides is 1. The van der Waals surface area contributed by atoms with E-state index in [4.69, 9.17) is 4.42 Å². The molecule has 2 aromatic carbocycles. The van der Waals surface area contributed by atoms with Gasteiger partial charge < -0.3 is 9.32 Å². The summed E-state index contributed by atoms with van der Waals surface area (Å²) in [6, 6.07) is 14.1. The molecular formula is C21H19FN2O2. The van der Waals surface area contributed by atoms with Crippen molar-refractivity contribution in [2.24, 2.45) is 0 Å². The van der Waals surface area contributed by atoms with Crippen LogP contribution in [0.3, 0.4) is 0 Å². The highest BCUT2D eigenvalue weighted by molar-refractivity contribution is 5.97. The summed E-state index contributed by atoms with van der Waals surface area (Å²) in [5, 5.41) is 0. The number of hydrogen-bond acceptors (Lipinski definition) is 3. The maximum absolute atomic E-state index is 13.1. The molecule has 0 radical (unpaired) electrons. The Labute approximate surface area is 151 Å². The zero-order chi connectivity index (χ0) is 18.3. The van der Waals surface area contributed by atoms with Crippen LogP contribution >= 0.6 is 0 Å². The minimum atomic E-state index is -0.311. The topological polar surface area (TPSA) is 46.3 Å². The second kappa shape index (κ2) is 6.41. The molecule has 0 N–H and O–H groups in total. The van der Waals surface area contributed by atoms with Gasteiger partial charge >= 0.3 is 0 Å². The van der Waals surface area contributed by atoms with Crippen molar-refractivity contribution in [1.29, 1.82) is 0 Å². The summed E-state index contributed by atoms with van der Waals surface area (Å²) in [5.74, 6) is 0.705. The van der Waals surface area contributed by atoms with Crippen molar-refractivity contribution in [2.45, 2.75) is 32.7 Å². The van der Waals surface area contributed by atoms with E-state index in [9.17, 15) is 9.18 Å². The van der Waals surface area contributed by atoms with Crippen LogP contribution in [0.4, 0.5) is 10.1 Å². The van der Waals surface area contributed by atoms with Gasteiger partial charge in [0.1, 0.15) is 11.6 Å². The predicted octanol–water partition coefficient (Wildman–Crippen LogP) is 4.31. The number of carbonyl (C=O) groups is 1. The molecule has 0 spiro atoms. The van der Waals surface area contributed by atoms with Gasteiger partial charge in [-0.3, -0.25) is 4.79 Å². The quantitative estimate of drug-likeness (QED) is 0.707. The summed E-state index contributed by atoms with van der Waals surface area (Å²) in [6.07, 6.45) is 1.04. The molecule has 3 aromatic rings. The van der Waals surface area contributed by atoms with Crippen LogP contribution < -0.4 is 4.90 Å². The van der Waals surface area contributed by atoms with Crippen molar-refractivity contribution in [3.05, 3.63) is 71.4 Å². The van der Waals surface area contributed by atoms with Gasteiger partial charge in [0.15, 0.2) is 0 Å². The maximum Gasteiger partial charge on any atom is 0.233 e. The molecule has 0 saturated carbocycles. The summed E-state index contributed by atoms with van der Waals surface area (Å²) < 4.78 is 18.8. The lowest BCUT2D eigenvalue weighted by Gasteiger charge is -2.22. The summed E-state index contributed by atoms with van der Waals surface area (Å²) >= 11 is 0. The third-order valence-electron chi connectivity index (χ3n) is 4.78. The molecule has 1 aliphatic rings. The van der Waals surface area contributed by atoms with Gasteiger partial charge in [-0.1, -0.05) is 18.2 Å². The average Bonchev–Trinajstić information content (AvgIpc) is 3.14. The van der Waals surface area contributed by atoms with E-state index < -0.39 is 0 Å². The van der Waals surface area contributed by atoms with Crippen LogP contribution in [0, 0.1) is 12.7 Å². The van der Waals surface area contributed by atoms with E-state index in [1.165, 1.54) is 17.7 Å². The van der Waals surface area contributed by atoms with Gasteiger partial charge in [-0.25, -0.2) is 9.37 Å². The van der Waals surface area contributed by atoms with Gasteiger partial charge in [0, 0.05) is 17.3 Å². The molecular weight excluding hydrogens is 331 g/mol. The van der Waals surface area contributed by atoms with Crippen molar-refractivity contribution >= 4 is 11.6 Å². The van der Waals surface area contributed by atoms with Crippen molar-refractivity contribution in [3.63, 3.8) is 0 Å². The van der Waals surface area contributed by atoms with Gasteiger partial charge in [0.05, 0.1) is 12.1 Å². The maximum atomic E-state index is 13.1. The van der Waals surface area contributed by atoms with Crippen LogP contribution in [0.2, 0.25) is 0 Å². The summed E-state index contributed by atoms with van der Waals surface area (Å²) in [5.41, 5.74) is 3.47. The summed E-state index contributed by atoms with van der Waals surface area (Å²) in [7, 11) is 0. The van der Waals surface area contributed by atoms with Crippen LogP contribution in [0.25, 0.3) is 11.5 Å². The average molecular weight is 350 g/mol. The minimum absolute atomic E-state index is 0.00417. The van der Waals surface area contributed by atoms with Crippen molar-refractivity contribution in [1.82, 2.24) is 4.98 Å². The van der Waals surface area contributed by atoms with E-state index >= 15 is 0 Å². The van der Waals surface area contributed by atoms with Crippen LogP contribution in [-0.2, 0) is 17.6 Å². The van der Waals surface area contributed by atoms with Crippen molar-refractivity contribution < 1.29 is 13.6 Å². The number of para-hydroxylation sites is 1. The Morgan fingerprint density at radius 3 is 2.73 bits per heavy atom. The Morgan fingerprint density at radius 2 is 1.96 bits per heavy atom. The second-order valence-corrected chi connectivity index (χ2v) is 6.65. The molecule has 1 atom stereocenters. The predicted molar refractivity (Wildman–Crippen MR) is 97.4 cm³/mol. The highest BCUT2D eigenvalue weighted by Crippen LogP contribution is 2.32. The Hall–Kier alpha value is -2.95. The number of anilines is 1. The first-order chi connectivity index (χ1) is 12.5. The fourth-order valence-electron chi connectivity index (χ4n) is 3.48. The van der Waals surface area contributed by atoms with Gasteiger partial charge in [-0.15, -0.1) is 0 Å². The molecule has 0 fully saturated rings. The number of oxazole rings is 1. The van der Waals surface area contributed by atoms with E-state index in [1.807, 2.05) is 23.1 Å². The molecule has 4 nitrogen and oxygen atoms in total. The fourth-order valence-corrected chi connectivity index (χ4v) is 3.48. The van der Waals surface area contributed by atoms with E-state index in [2.05, 4.69) is 18.0 Å². The van der Waals surface area contributed by atoms with Gasteiger partial charge in [0.2, 0.25) is 11.8 Å². The van der Waals surface area contributed by atoms with Crippen LogP contribution in [-0.4, -0.2) is 16.9 Å². The molecule has 26 heavy (non-hydrogen) atoms. The normalized spacial score (nSPS) is 16.0. The van der Waals surface area contributed by atoms with Crippen LogP contribution in [0.1, 0.15) is 23.9 Å². The first kappa shape index (κ1) is 16.5. The zero-order valence-electron chi connectivity index (χ0n) is 14.7. The Balaban J connectivity index is 1.58. The fraction of sp³-hybridized carbons (Fsp3) is 0.238. The number of nitrogens with zero attached hydrogens (tertiary/aromatic N) is 2. The van der Waals surface area contributed by atoms with E-state index in [0.29, 0.717) is 22.9 Å². The summed E-state index contributed by atoms with van der Waals surface area (Å²) in [6.45, 7) is 3.85. The molecule has 1 amide bonds. The third-order valence-corrected chi connectivity index (χ3v) is 4.78. The Kier molecular flexibility index (Phi) is 4.07. The lowest BCUT2D eigenvalue weighted by Crippen LogP contribution is -2.37. The molecule has 132 valence electrons. The number of aryl methyl sites for hydroxylation is 1. The van der Waals surface area contributed by atoms with E-state index in [0.717, 1.165) is 12.1 Å². The van der Waals surface area contributed by atoms with Crippen molar-refractivity contribution in [2.75, 3.05) is 4.90 Å². The highest BCUT2D eigenvalue weighted by atomic mass is 19.1. The van der Waals surface area contributed by atoms with Gasteiger partial charge in [-0.2, -0.15) is 0 Å². The second-order valence-electron chi connectivity index (χ2n) is 6.65. The zero-order valence-corrected chi connectivity index (χ0v) is 14.7. The third kappa shape index (κ3) is 2.90. The minimum Gasteiger partial charge on any atom is -0.441 e. The lowest BCUT2D eigenvalue weighted by atomic mass is 10.1. The number of halogens is 1. The molecule has 2 heterocycles. The smallest absolute Gasteiger partial charge is 0.233 e. The van der Waals surface area contributed by atoms with Crippen LogP contribution in [0.5, 0.6) is 0 Å². The number of hydrogen-bond donors (Lipinski definition) is 0. The summed E-state index contributed by atoms with van der Waals surface area (Å²) in [4.78, 5) is 19.2. The van der Waals surface area contributed by atoms with Crippen LogP contribution in [0.15, 0.2) is 52.9 Å². The number of rotatable bonds is 3. The Bertz CT molecular complexity index is 962. The van der Waals surface area contributed by atoms with Gasteiger partial charge in [-0.05, 0) is 56.2 Å². The first-order valence-electron chi connectivity index (χ1n) is 8.65. The molecule has 5 heteroatoms. The molecule has 0 bridgehead atoms. The molecule has 1 aromatic heterocycles. The first-order valence-corrected chi connectivity index (χ1v) is 8.65. The number of benzene rings is 2. The molecule has 1 aliphatic heterocycles. The lowest BCUT2D eigenvalue weighted by molar-refractivity contribution is -0.118. The van der Waals surface area contributed by atoms with E-state index in [-0.39, 0.29) is 24.2 Å². The largest absolute Gasteiger partial charge is 0.441 e. The number of aromatic nitrogens is 1. The van der Waals surface area contributed by atoms with Gasteiger partial charge in [0.25, 0.3) is 0 Å². The standard InChI is InChI=1S/C21H19FN2O2/c1-13-11-16-5-3-4-6-19(16)24(13)20(25)12-18-14(2)26-21(23-18)15-7-9-17(22)10-8-15/h3-10,13H,11-12H2,1-2H3. The molecule has 0 saturated heterocycles. The van der Waals surface area contributed by atoms with E-state index in [1.54, 1.807) is 19.1 Å². The SMILES string of the molecule is Cc1oc(-c2ccc(F)cc2)nc1CC(=O)N1c2ccccc2CC1C.